The lowest BCUT2D eigenvalue weighted by Gasteiger charge is -2.53. The number of fused-ring (bicyclic) bond motifs is 3. The van der Waals surface area contributed by atoms with Gasteiger partial charge in [0.15, 0.2) is 0 Å². The molecule has 0 spiro atoms. The quantitative estimate of drug-likeness (QED) is 0.536. The highest BCUT2D eigenvalue weighted by molar-refractivity contribution is 6.79. The molecule has 3 rings (SSSR count). The van der Waals surface area contributed by atoms with Crippen molar-refractivity contribution >= 4 is 8.07 Å². The van der Waals surface area contributed by atoms with Crippen LogP contribution in [0.25, 0.3) is 0 Å². The molecule has 3 aliphatic carbocycles. The molecule has 1 heteroatoms. The Morgan fingerprint density at radius 3 is 1.58 bits per heavy atom. The highest BCUT2D eigenvalue weighted by Gasteiger charge is 2.48. The van der Waals surface area contributed by atoms with Crippen LogP contribution in [0, 0.1) is 5.92 Å². The Balaban J connectivity index is 2.19. The molecule has 3 aliphatic rings. The maximum Gasteiger partial charge on any atom is 0.0505 e. The molecule has 2 bridgehead atoms. The van der Waals surface area contributed by atoms with Crippen LogP contribution in [-0.2, 0) is 0 Å². The summed E-state index contributed by atoms with van der Waals surface area (Å²) in [7, 11) is -0.882. The molecule has 0 heterocycles. The van der Waals surface area contributed by atoms with Crippen LogP contribution in [0.4, 0.5) is 0 Å². The monoisotopic (exact) mass is 181 g/mol. The Morgan fingerprint density at radius 2 is 1.33 bits per heavy atom. The van der Waals surface area contributed by atoms with Gasteiger partial charge >= 0.3 is 0 Å². The van der Waals surface area contributed by atoms with E-state index in [-0.39, 0.29) is 0 Å². The van der Waals surface area contributed by atoms with Gasteiger partial charge in [-0.2, -0.15) is 0 Å². The largest absolute Gasteiger partial charge is 0.0691 e. The minimum atomic E-state index is -0.882. The standard InChI is InChI=1S/C11H21Si/c1-12(2,3)11-7-4-10(5-8-11)6-9-11/h4-9H2,1-3H3. The maximum absolute atomic E-state index is 2.57. The molecule has 0 saturated heterocycles. The van der Waals surface area contributed by atoms with Crippen molar-refractivity contribution in [3.8, 4) is 0 Å². The summed E-state index contributed by atoms with van der Waals surface area (Å²) >= 11 is 0. The van der Waals surface area contributed by atoms with Crippen LogP contribution in [0.2, 0.25) is 24.7 Å². The van der Waals surface area contributed by atoms with E-state index in [2.05, 4.69) is 19.6 Å². The smallest absolute Gasteiger partial charge is 0.0505 e. The lowest BCUT2D eigenvalue weighted by Crippen LogP contribution is -2.45. The third-order valence-corrected chi connectivity index (χ3v) is 8.39. The highest BCUT2D eigenvalue weighted by Crippen LogP contribution is 2.61. The van der Waals surface area contributed by atoms with E-state index in [1.165, 1.54) is 38.5 Å². The van der Waals surface area contributed by atoms with Crippen molar-refractivity contribution in [2.75, 3.05) is 0 Å². The zero-order valence-corrected chi connectivity index (χ0v) is 9.74. The number of hydrogen-bond acceptors (Lipinski definition) is 0. The van der Waals surface area contributed by atoms with Crippen LogP contribution < -0.4 is 0 Å². The molecule has 0 aromatic rings. The first-order valence-electron chi connectivity index (χ1n) is 5.37. The predicted octanol–water partition coefficient (Wildman–Crippen LogP) is 4.01. The maximum atomic E-state index is 2.57. The molecule has 0 aromatic carbocycles. The Kier molecular flexibility index (Phi) is 1.91. The van der Waals surface area contributed by atoms with E-state index in [0.717, 1.165) is 5.04 Å². The van der Waals surface area contributed by atoms with Crippen molar-refractivity contribution in [1.29, 1.82) is 0 Å². The molecular weight excluding hydrogens is 160 g/mol. The summed E-state index contributed by atoms with van der Waals surface area (Å²) in [6, 6.07) is 0. The number of rotatable bonds is 1. The first kappa shape index (κ1) is 8.80. The van der Waals surface area contributed by atoms with Gasteiger partial charge < -0.3 is 0 Å². The molecule has 0 N–H and O–H groups in total. The third kappa shape index (κ3) is 1.17. The molecule has 1 radical (unpaired) electrons. The lowest BCUT2D eigenvalue weighted by atomic mass is 9.70. The van der Waals surface area contributed by atoms with E-state index >= 15 is 0 Å². The van der Waals surface area contributed by atoms with Crippen LogP contribution in [0.1, 0.15) is 38.5 Å². The predicted molar refractivity (Wildman–Crippen MR) is 57.0 cm³/mol. The van der Waals surface area contributed by atoms with Gasteiger partial charge in [0.25, 0.3) is 0 Å². The van der Waals surface area contributed by atoms with Crippen LogP contribution in [-0.4, -0.2) is 8.07 Å². The third-order valence-electron chi connectivity index (χ3n) is 4.46. The molecule has 0 nitrogen and oxygen atoms in total. The van der Waals surface area contributed by atoms with Gasteiger partial charge in [0.1, 0.15) is 0 Å². The molecule has 12 heavy (non-hydrogen) atoms. The topological polar surface area (TPSA) is 0 Å². The van der Waals surface area contributed by atoms with E-state index in [4.69, 9.17) is 0 Å². The second kappa shape index (κ2) is 2.60. The Labute approximate surface area is 77.8 Å². The van der Waals surface area contributed by atoms with Gasteiger partial charge in [-0.25, -0.2) is 0 Å². The summed E-state index contributed by atoms with van der Waals surface area (Å²) in [6.07, 6.45) is 9.05. The second-order valence-electron chi connectivity index (χ2n) is 5.78. The highest BCUT2D eigenvalue weighted by atomic mass is 28.3. The van der Waals surface area contributed by atoms with Gasteiger partial charge in [-0.15, -0.1) is 0 Å². The fourth-order valence-corrected chi connectivity index (χ4v) is 5.75. The van der Waals surface area contributed by atoms with Gasteiger partial charge in [-0.1, -0.05) is 19.6 Å². The summed E-state index contributed by atoms with van der Waals surface area (Å²) in [5, 5.41) is 0.842. The average Bonchev–Trinajstić information content (AvgIpc) is 2.06. The van der Waals surface area contributed by atoms with Crippen molar-refractivity contribution < 1.29 is 0 Å². The molecule has 0 aromatic heterocycles. The second-order valence-corrected chi connectivity index (χ2v) is 11.3. The van der Waals surface area contributed by atoms with Gasteiger partial charge in [0.05, 0.1) is 8.07 Å². The van der Waals surface area contributed by atoms with Crippen LogP contribution in [0.5, 0.6) is 0 Å². The summed E-state index contributed by atoms with van der Waals surface area (Å²) in [6.45, 7) is 7.72. The normalized spacial score (nSPS) is 29.2. The van der Waals surface area contributed by atoms with Crippen molar-refractivity contribution in [1.82, 2.24) is 0 Å². The SMILES string of the molecule is C[Si](C)(C)C12CC[C](CC1)CC2. The average molecular weight is 181 g/mol. The molecule has 0 aliphatic heterocycles. The fraction of sp³-hybridized carbons (Fsp3) is 0.909. The van der Waals surface area contributed by atoms with Crippen LogP contribution in [0.3, 0.4) is 0 Å². The minimum absolute atomic E-state index is 0.842. The van der Waals surface area contributed by atoms with E-state index in [0.29, 0.717) is 0 Å². The van der Waals surface area contributed by atoms with E-state index in [1.807, 2.05) is 5.92 Å². The minimum Gasteiger partial charge on any atom is -0.0691 e. The summed E-state index contributed by atoms with van der Waals surface area (Å²) < 4.78 is 0. The molecule has 69 valence electrons. The zero-order chi connectivity index (χ0) is 8.82. The Bertz CT molecular complexity index is 156. The van der Waals surface area contributed by atoms with Crippen molar-refractivity contribution in [2.45, 2.75) is 63.2 Å². The van der Waals surface area contributed by atoms with Gasteiger partial charge in [0, 0.05) is 0 Å². The Morgan fingerprint density at radius 1 is 0.917 bits per heavy atom. The van der Waals surface area contributed by atoms with Crippen molar-refractivity contribution in [2.24, 2.45) is 0 Å². The molecule has 3 fully saturated rings. The molecule has 0 amide bonds. The van der Waals surface area contributed by atoms with E-state index in [1.54, 1.807) is 0 Å². The van der Waals surface area contributed by atoms with Crippen molar-refractivity contribution in [3.05, 3.63) is 5.92 Å². The summed E-state index contributed by atoms with van der Waals surface area (Å²) in [5.41, 5.74) is 0. The van der Waals surface area contributed by atoms with Gasteiger partial charge in [-0.3, -0.25) is 0 Å². The molecule has 0 atom stereocenters. The van der Waals surface area contributed by atoms with Crippen molar-refractivity contribution in [3.63, 3.8) is 0 Å². The fourth-order valence-electron chi connectivity index (χ4n) is 3.12. The summed E-state index contributed by atoms with van der Waals surface area (Å²) in [5.74, 6) is 1.88. The van der Waals surface area contributed by atoms with Gasteiger partial charge in [0.2, 0.25) is 0 Å². The lowest BCUT2D eigenvalue weighted by molar-refractivity contribution is 0.289. The molecule has 3 saturated carbocycles. The molecular formula is C11H21Si. The number of hydrogen-bond donors (Lipinski definition) is 0. The summed E-state index contributed by atoms with van der Waals surface area (Å²) in [4.78, 5) is 0. The first-order chi connectivity index (χ1) is 5.54. The van der Waals surface area contributed by atoms with Crippen LogP contribution >= 0.6 is 0 Å². The van der Waals surface area contributed by atoms with Crippen LogP contribution in [0.15, 0.2) is 0 Å². The zero-order valence-electron chi connectivity index (χ0n) is 8.74. The Hall–Kier alpha value is 0.217. The molecule has 0 unspecified atom stereocenters. The van der Waals surface area contributed by atoms with E-state index < -0.39 is 8.07 Å². The van der Waals surface area contributed by atoms with Gasteiger partial charge in [-0.05, 0) is 49.5 Å². The van der Waals surface area contributed by atoms with E-state index in [9.17, 15) is 0 Å². The first-order valence-corrected chi connectivity index (χ1v) is 8.87.